The fourth-order valence-electron chi connectivity index (χ4n) is 2.50. The second-order valence-corrected chi connectivity index (χ2v) is 7.28. The number of hydrogen-bond acceptors (Lipinski definition) is 6. The molecule has 3 aromatic rings. The lowest BCUT2D eigenvalue weighted by Crippen LogP contribution is -2.13. The molecule has 0 aliphatic heterocycles. The number of amides is 2. The van der Waals surface area contributed by atoms with E-state index in [0.29, 0.717) is 22.9 Å². The Balaban J connectivity index is 1.55. The van der Waals surface area contributed by atoms with E-state index in [9.17, 15) is 14.0 Å². The van der Waals surface area contributed by atoms with E-state index in [4.69, 9.17) is 4.74 Å². The summed E-state index contributed by atoms with van der Waals surface area (Å²) >= 11 is 1.10. The van der Waals surface area contributed by atoms with Crippen molar-refractivity contribution in [2.75, 3.05) is 17.7 Å². The van der Waals surface area contributed by atoms with Crippen LogP contribution in [0.4, 0.5) is 15.8 Å². The Morgan fingerprint density at radius 2 is 1.97 bits per heavy atom. The summed E-state index contributed by atoms with van der Waals surface area (Å²) in [6, 6.07) is 11.5. The topological polar surface area (TPSA) is 93.2 Å². The summed E-state index contributed by atoms with van der Waals surface area (Å²) in [6.07, 6.45) is 0.392. The first kappa shape index (κ1) is 20.4. The van der Waals surface area contributed by atoms with E-state index >= 15 is 0 Å². The number of carbonyl (C=O) groups is 2. The SMILES string of the molecule is COc1cccc(NC(=O)c2nnc(CCC(=O)Nc3cc(C)ccc3F)s2)c1. The summed E-state index contributed by atoms with van der Waals surface area (Å²) < 4.78 is 18.8. The van der Waals surface area contributed by atoms with Gasteiger partial charge in [0.25, 0.3) is 5.91 Å². The van der Waals surface area contributed by atoms with Crippen LogP contribution in [0.15, 0.2) is 42.5 Å². The normalized spacial score (nSPS) is 10.4. The van der Waals surface area contributed by atoms with Crippen molar-refractivity contribution in [2.45, 2.75) is 19.8 Å². The third-order valence-electron chi connectivity index (χ3n) is 3.95. The standard InChI is InChI=1S/C20H19FN4O3S/c1-12-6-7-15(21)16(10-12)23-17(26)8-9-18-24-25-20(29-18)19(27)22-13-4-3-5-14(11-13)28-2/h3-7,10-11H,8-9H2,1-2H3,(H,22,27)(H,23,26). The van der Waals surface area contributed by atoms with Gasteiger partial charge < -0.3 is 15.4 Å². The highest BCUT2D eigenvalue weighted by molar-refractivity contribution is 7.13. The zero-order valence-electron chi connectivity index (χ0n) is 15.9. The first-order valence-electron chi connectivity index (χ1n) is 8.78. The minimum Gasteiger partial charge on any atom is -0.497 e. The van der Waals surface area contributed by atoms with Gasteiger partial charge in [-0.2, -0.15) is 0 Å². The van der Waals surface area contributed by atoms with Crippen molar-refractivity contribution in [2.24, 2.45) is 0 Å². The quantitative estimate of drug-likeness (QED) is 0.613. The van der Waals surface area contributed by atoms with Gasteiger partial charge in [-0.05, 0) is 36.8 Å². The largest absolute Gasteiger partial charge is 0.497 e. The monoisotopic (exact) mass is 414 g/mol. The molecule has 0 aliphatic rings. The second-order valence-electron chi connectivity index (χ2n) is 6.22. The number of rotatable bonds is 7. The van der Waals surface area contributed by atoms with Gasteiger partial charge in [0.05, 0.1) is 12.8 Å². The Kier molecular flexibility index (Phi) is 6.50. The van der Waals surface area contributed by atoms with E-state index in [0.717, 1.165) is 16.9 Å². The fraction of sp³-hybridized carbons (Fsp3) is 0.200. The zero-order valence-corrected chi connectivity index (χ0v) is 16.7. The van der Waals surface area contributed by atoms with Crippen molar-refractivity contribution in [3.63, 3.8) is 0 Å². The highest BCUT2D eigenvalue weighted by atomic mass is 32.1. The Labute approximate surface area is 170 Å². The van der Waals surface area contributed by atoms with Crippen LogP contribution < -0.4 is 15.4 Å². The average molecular weight is 414 g/mol. The van der Waals surface area contributed by atoms with Gasteiger partial charge in [0.2, 0.25) is 10.9 Å². The number of carbonyl (C=O) groups excluding carboxylic acids is 2. The number of hydrogen-bond donors (Lipinski definition) is 2. The van der Waals surface area contributed by atoms with Gasteiger partial charge in [0.1, 0.15) is 16.6 Å². The molecule has 29 heavy (non-hydrogen) atoms. The summed E-state index contributed by atoms with van der Waals surface area (Å²) in [5.41, 5.74) is 1.56. The van der Waals surface area contributed by atoms with Crippen molar-refractivity contribution < 1.29 is 18.7 Å². The predicted octanol–water partition coefficient (Wildman–Crippen LogP) is 3.82. The lowest BCUT2D eigenvalue weighted by atomic mass is 10.2. The summed E-state index contributed by atoms with van der Waals surface area (Å²) in [7, 11) is 1.54. The Morgan fingerprint density at radius 3 is 2.76 bits per heavy atom. The molecule has 0 spiro atoms. The number of nitrogens with one attached hydrogen (secondary N) is 2. The highest BCUT2D eigenvalue weighted by Gasteiger charge is 2.15. The van der Waals surface area contributed by atoms with Crippen LogP contribution in [0, 0.1) is 12.7 Å². The molecule has 1 aromatic heterocycles. The molecule has 7 nitrogen and oxygen atoms in total. The number of aryl methyl sites for hydroxylation is 2. The molecule has 0 radical (unpaired) electrons. The molecule has 3 rings (SSSR count). The number of halogens is 1. The fourth-order valence-corrected chi connectivity index (χ4v) is 3.23. The van der Waals surface area contributed by atoms with E-state index in [1.807, 2.05) is 6.92 Å². The van der Waals surface area contributed by atoms with Crippen LogP contribution in [0.2, 0.25) is 0 Å². The molecular formula is C20H19FN4O3S. The molecule has 150 valence electrons. The van der Waals surface area contributed by atoms with Crippen molar-refractivity contribution in [1.82, 2.24) is 10.2 Å². The predicted molar refractivity (Wildman–Crippen MR) is 109 cm³/mol. The minimum atomic E-state index is -0.489. The second kappa shape index (κ2) is 9.24. The van der Waals surface area contributed by atoms with Gasteiger partial charge in [-0.3, -0.25) is 9.59 Å². The number of aromatic nitrogens is 2. The Hall–Kier alpha value is -3.33. The highest BCUT2D eigenvalue weighted by Crippen LogP contribution is 2.20. The first-order valence-corrected chi connectivity index (χ1v) is 9.60. The van der Waals surface area contributed by atoms with E-state index < -0.39 is 11.7 Å². The number of anilines is 2. The van der Waals surface area contributed by atoms with Crippen LogP contribution in [-0.4, -0.2) is 29.1 Å². The summed E-state index contributed by atoms with van der Waals surface area (Å²) in [5, 5.41) is 13.8. The van der Waals surface area contributed by atoms with Crippen molar-refractivity contribution >= 4 is 34.5 Å². The number of methoxy groups -OCH3 is 1. The van der Waals surface area contributed by atoms with Crippen LogP contribution in [0.25, 0.3) is 0 Å². The lowest BCUT2D eigenvalue weighted by molar-refractivity contribution is -0.116. The molecule has 0 aliphatic carbocycles. The maximum Gasteiger partial charge on any atom is 0.286 e. The van der Waals surface area contributed by atoms with E-state index in [-0.39, 0.29) is 23.0 Å². The molecule has 0 atom stereocenters. The van der Waals surface area contributed by atoms with Crippen LogP contribution in [0.1, 0.15) is 26.8 Å². The molecule has 2 aromatic carbocycles. The minimum absolute atomic E-state index is 0.0967. The first-order chi connectivity index (χ1) is 13.9. The molecule has 2 N–H and O–H groups in total. The number of nitrogens with zero attached hydrogens (tertiary/aromatic N) is 2. The zero-order chi connectivity index (χ0) is 20.8. The van der Waals surface area contributed by atoms with Crippen molar-refractivity contribution in [3.8, 4) is 5.75 Å². The van der Waals surface area contributed by atoms with Gasteiger partial charge in [0, 0.05) is 24.6 Å². The van der Waals surface area contributed by atoms with Crippen molar-refractivity contribution in [1.29, 1.82) is 0 Å². The van der Waals surface area contributed by atoms with Gasteiger partial charge in [-0.25, -0.2) is 4.39 Å². The summed E-state index contributed by atoms with van der Waals surface area (Å²) in [4.78, 5) is 24.4. The van der Waals surface area contributed by atoms with Crippen LogP contribution in [0.5, 0.6) is 5.75 Å². The number of benzene rings is 2. The Bertz CT molecular complexity index is 1040. The number of ether oxygens (including phenoxy) is 1. The lowest BCUT2D eigenvalue weighted by Gasteiger charge is -2.06. The maximum absolute atomic E-state index is 13.7. The average Bonchev–Trinajstić information content (AvgIpc) is 3.18. The summed E-state index contributed by atoms with van der Waals surface area (Å²) in [5.74, 6) is -0.603. The smallest absolute Gasteiger partial charge is 0.286 e. The van der Waals surface area contributed by atoms with Gasteiger partial charge in [-0.1, -0.05) is 23.5 Å². The van der Waals surface area contributed by atoms with Crippen LogP contribution in [-0.2, 0) is 11.2 Å². The molecule has 0 unspecified atom stereocenters. The van der Waals surface area contributed by atoms with Gasteiger partial charge in [0.15, 0.2) is 0 Å². The maximum atomic E-state index is 13.7. The molecule has 0 saturated carbocycles. The molecule has 0 bridgehead atoms. The van der Waals surface area contributed by atoms with Crippen LogP contribution in [0.3, 0.4) is 0 Å². The molecule has 9 heteroatoms. The van der Waals surface area contributed by atoms with Gasteiger partial charge >= 0.3 is 0 Å². The van der Waals surface area contributed by atoms with Crippen LogP contribution >= 0.6 is 11.3 Å². The molecule has 0 fully saturated rings. The van der Waals surface area contributed by atoms with Gasteiger partial charge in [-0.15, -0.1) is 10.2 Å². The summed E-state index contributed by atoms with van der Waals surface area (Å²) in [6.45, 7) is 1.81. The molecule has 2 amide bonds. The third-order valence-corrected chi connectivity index (χ3v) is 4.93. The molecule has 0 saturated heterocycles. The van der Waals surface area contributed by atoms with E-state index in [2.05, 4.69) is 20.8 Å². The van der Waals surface area contributed by atoms with E-state index in [1.165, 1.54) is 6.07 Å². The Morgan fingerprint density at radius 1 is 1.14 bits per heavy atom. The molecule has 1 heterocycles. The van der Waals surface area contributed by atoms with Crippen molar-refractivity contribution in [3.05, 3.63) is 63.9 Å². The molecular weight excluding hydrogens is 395 g/mol. The van der Waals surface area contributed by atoms with E-state index in [1.54, 1.807) is 43.5 Å². The third kappa shape index (κ3) is 5.58.